The minimum atomic E-state index is -0.821. The van der Waals surface area contributed by atoms with Crippen LogP contribution in [0.3, 0.4) is 0 Å². The van der Waals surface area contributed by atoms with Gasteiger partial charge in [0.15, 0.2) is 5.82 Å². The Hall–Kier alpha value is -1.77. The van der Waals surface area contributed by atoms with E-state index >= 15 is 0 Å². The highest BCUT2D eigenvalue weighted by Crippen LogP contribution is 2.33. The van der Waals surface area contributed by atoms with Gasteiger partial charge in [0, 0.05) is 26.2 Å². The van der Waals surface area contributed by atoms with Crippen molar-refractivity contribution in [2.75, 3.05) is 20.7 Å². The number of nitrogens with zero attached hydrogens (tertiary/aromatic N) is 4. The quantitative estimate of drug-likeness (QED) is 0.566. The van der Waals surface area contributed by atoms with Gasteiger partial charge < -0.3 is 19.8 Å². The van der Waals surface area contributed by atoms with Crippen molar-refractivity contribution in [2.24, 2.45) is 10.9 Å². The number of aromatic nitrogens is 2. The van der Waals surface area contributed by atoms with Gasteiger partial charge in [0.25, 0.3) is 0 Å². The predicted octanol–water partition coefficient (Wildman–Crippen LogP) is -0.649. The molecule has 0 saturated carbocycles. The summed E-state index contributed by atoms with van der Waals surface area (Å²) < 4.78 is 6.82. The Kier molecular flexibility index (Phi) is 4.71. The Morgan fingerprint density at radius 1 is 1.57 bits per heavy atom. The molecule has 1 saturated heterocycles. The van der Waals surface area contributed by atoms with Crippen LogP contribution in [-0.4, -0.2) is 63.9 Å². The zero-order valence-electron chi connectivity index (χ0n) is 12.2. The lowest BCUT2D eigenvalue weighted by Crippen LogP contribution is -2.30. The van der Waals surface area contributed by atoms with Crippen LogP contribution in [0.25, 0.3) is 0 Å². The number of rotatable bonds is 4. The fourth-order valence-electron chi connectivity index (χ4n) is 2.20. The van der Waals surface area contributed by atoms with E-state index in [1.54, 1.807) is 24.2 Å². The molecule has 2 heterocycles. The van der Waals surface area contributed by atoms with Crippen LogP contribution in [0.4, 0.5) is 5.82 Å². The van der Waals surface area contributed by atoms with E-state index in [0.29, 0.717) is 5.82 Å². The molecule has 21 heavy (non-hydrogen) atoms. The van der Waals surface area contributed by atoms with Crippen LogP contribution in [0.15, 0.2) is 22.1 Å². The molecule has 8 heteroatoms. The van der Waals surface area contributed by atoms with Gasteiger partial charge in [-0.15, -0.1) is 0 Å². The summed E-state index contributed by atoms with van der Waals surface area (Å²) in [4.78, 5) is 21.7. The third-order valence-electron chi connectivity index (χ3n) is 3.37. The van der Waals surface area contributed by atoms with Crippen molar-refractivity contribution in [3.63, 3.8) is 0 Å². The second kappa shape index (κ2) is 6.33. The molecule has 4 atom stereocenters. The van der Waals surface area contributed by atoms with Gasteiger partial charge in [-0.05, 0) is 6.07 Å². The fourth-order valence-corrected chi connectivity index (χ4v) is 2.20. The van der Waals surface area contributed by atoms with E-state index in [1.165, 1.54) is 10.8 Å². The van der Waals surface area contributed by atoms with Crippen LogP contribution in [0, 0.1) is 5.92 Å². The SMILES string of the molecule is CC1[C@@H](O)[C@@H](CO)O[C@H]1n1ccc(/N=C\N(C)C)nc1=O. The van der Waals surface area contributed by atoms with Crippen LogP contribution in [0.1, 0.15) is 13.2 Å². The molecule has 0 aromatic carbocycles. The second-order valence-corrected chi connectivity index (χ2v) is 5.28. The molecule has 116 valence electrons. The molecule has 0 spiro atoms. The molecule has 1 aliphatic rings. The highest BCUT2D eigenvalue weighted by atomic mass is 16.5. The maximum atomic E-state index is 12.1. The molecular formula is C13H20N4O4. The Morgan fingerprint density at radius 2 is 2.29 bits per heavy atom. The van der Waals surface area contributed by atoms with Crippen molar-refractivity contribution < 1.29 is 14.9 Å². The Balaban J connectivity index is 2.24. The van der Waals surface area contributed by atoms with Crippen molar-refractivity contribution in [3.8, 4) is 0 Å². The van der Waals surface area contributed by atoms with Gasteiger partial charge in [-0.2, -0.15) is 4.98 Å². The van der Waals surface area contributed by atoms with Gasteiger partial charge in [-0.1, -0.05) is 6.92 Å². The smallest absolute Gasteiger partial charge is 0.351 e. The van der Waals surface area contributed by atoms with Gasteiger partial charge in [0.2, 0.25) is 0 Å². The molecule has 1 fully saturated rings. The second-order valence-electron chi connectivity index (χ2n) is 5.28. The van der Waals surface area contributed by atoms with Gasteiger partial charge in [0.1, 0.15) is 12.3 Å². The van der Waals surface area contributed by atoms with Crippen LogP contribution in [0.2, 0.25) is 0 Å². The topological polar surface area (TPSA) is 100 Å². The number of aliphatic hydroxyl groups excluding tert-OH is 2. The summed E-state index contributed by atoms with van der Waals surface area (Å²) in [5.41, 5.74) is -0.508. The molecule has 8 nitrogen and oxygen atoms in total. The maximum absolute atomic E-state index is 12.1. The summed E-state index contributed by atoms with van der Waals surface area (Å²) >= 11 is 0. The normalized spacial score (nSPS) is 29.2. The van der Waals surface area contributed by atoms with E-state index < -0.39 is 24.1 Å². The molecule has 0 amide bonds. The van der Waals surface area contributed by atoms with Gasteiger partial charge in [-0.25, -0.2) is 9.79 Å². The highest BCUT2D eigenvalue weighted by molar-refractivity contribution is 5.58. The minimum absolute atomic E-state index is 0.296. The molecule has 1 aromatic heterocycles. The first-order valence-electron chi connectivity index (χ1n) is 6.68. The van der Waals surface area contributed by atoms with Crippen LogP contribution >= 0.6 is 0 Å². The number of ether oxygens (including phenoxy) is 1. The lowest BCUT2D eigenvalue weighted by atomic mass is 10.0. The highest BCUT2D eigenvalue weighted by Gasteiger charge is 2.41. The van der Waals surface area contributed by atoms with Gasteiger partial charge in [-0.3, -0.25) is 4.57 Å². The number of hydrogen-bond donors (Lipinski definition) is 2. The summed E-state index contributed by atoms with van der Waals surface area (Å²) in [5, 5.41) is 19.1. The molecule has 1 aliphatic heterocycles. The summed E-state index contributed by atoms with van der Waals surface area (Å²) in [6, 6.07) is 1.59. The Bertz CT molecular complexity index is 572. The van der Waals surface area contributed by atoms with E-state index in [0.717, 1.165) is 0 Å². The number of aliphatic imine (C=N–C) groups is 1. The summed E-state index contributed by atoms with van der Waals surface area (Å²) in [7, 11) is 3.63. The van der Waals surface area contributed by atoms with Crippen LogP contribution in [-0.2, 0) is 4.74 Å². The van der Waals surface area contributed by atoms with E-state index in [-0.39, 0.29) is 12.5 Å². The van der Waals surface area contributed by atoms with Gasteiger partial charge >= 0.3 is 5.69 Å². The van der Waals surface area contributed by atoms with E-state index in [2.05, 4.69) is 9.98 Å². The molecular weight excluding hydrogens is 276 g/mol. The fraction of sp³-hybridized carbons (Fsp3) is 0.615. The zero-order valence-corrected chi connectivity index (χ0v) is 12.2. The van der Waals surface area contributed by atoms with Crippen molar-refractivity contribution in [1.29, 1.82) is 0 Å². The summed E-state index contributed by atoms with van der Waals surface area (Å²) in [6.07, 6.45) is 0.920. The molecule has 1 unspecified atom stereocenters. The molecule has 2 rings (SSSR count). The Labute approximate surface area is 122 Å². The van der Waals surface area contributed by atoms with Crippen molar-refractivity contribution in [1.82, 2.24) is 14.5 Å². The van der Waals surface area contributed by atoms with Crippen LogP contribution < -0.4 is 5.69 Å². The maximum Gasteiger partial charge on any atom is 0.351 e. The zero-order chi connectivity index (χ0) is 15.6. The van der Waals surface area contributed by atoms with E-state index in [4.69, 9.17) is 9.84 Å². The first kappa shape index (κ1) is 15.6. The monoisotopic (exact) mass is 296 g/mol. The Morgan fingerprint density at radius 3 is 2.81 bits per heavy atom. The van der Waals surface area contributed by atoms with Crippen molar-refractivity contribution in [3.05, 3.63) is 22.7 Å². The standard InChI is InChI=1S/C13H20N4O4/c1-8-11(19)9(6-18)21-12(8)17-5-4-10(15-13(17)20)14-7-16(2)3/h4-5,7-9,11-12,18-19H,6H2,1-3H3/b14-7-/t8?,9-,11-,12-/m1/s1. The van der Waals surface area contributed by atoms with Crippen molar-refractivity contribution >= 4 is 12.2 Å². The lowest BCUT2D eigenvalue weighted by molar-refractivity contribution is -0.0476. The lowest BCUT2D eigenvalue weighted by Gasteiger charge is -2.17. The largest absolute Gasteiger partial charge is 0.394 e. The summed E-state index contributed by atoms with van der Waals surface area (Å²) in [5.74, 6) is -0.0207. The predicted molar refractivity (Wildman–Crippen MR) is 76.5 cm³/mol. The van der Waals surface area contributed by atoms with Crippen LogP contribution in [0.5, 0.6) is 0 Å². The van der Waals surface area contributed by atoms with E-state index in [9.17, 15) is 9.90 Å². The first-order valence-corrected chi connectivity index (χ1v) is 6.68. The van der Waals surface area contributed by atoms with Crippen molar-refractivity contribution in [2.45, 2.75) is 25.4 Å². The molecule has 2 N–H and O–H groups in total. The molecule has 1 aromatic rings. The molecule has 0 radical (unpaired) electrons. The van der Waals surface area contributed by atoms with Gasteiger partial charge in [0.05, 0.1) is 19.0 Å². The number of hydrogen-bond acceptors (Lipinski definition) is 6. The van der Waals surface area contributed by atoms with E-state index in [1.807, 2.05) is 14.1 Å². The summed E-state index contributed by atoms with van der Waals surface area (Å²) in [6.45, 7) is 1.46. The third-order valence-corrected chi connectivity index (χ3v) is 3.37. The average molecular weight is 296 g/mol. The molecule has 0 aliphatic carbocycles. The first-order chi connectivity index (χ1) is 9.93. The number of aliphatic hydroxyl groups is 2. The molecule has 0 bridgehead atoms. The average Bonchev–Trinajstić information content (AvgIpc) is 2.73. The minimum Gasteiger partial charge on any atom is -0.394 e. The third kappa shape index (κ3) is 3.29.